The zero-order valence-electron chi connectivity index (χ0n) is 20.2. The fourth-order valence-corrected chi connectivity index (χ4v) is 5.69. The van der Waals surface area contributed by atoms with Gasteiger partial charge in [0.1, 0.15) is 0 Å². The van der Waals surface area contributed by atoms with Crippen molar-refractivity contribution in [3.05, 3.63) is 130 Å². The quantitative estimate of drug-likeness (QED) is 0.258. The maximum absolute atomic E-state index is 2.31. The highest BCUT2D eigenvalue weighted by Crippen LogP contribution is 2.39. The van der Waals surface area contributed by atoms with Crippen molar-refractivity contribution in [2.75, 3.05) is 0 Å². The summed E-state index contributed by atoms with van der Waals surface area (Å²) in [5, 5.41) is 0. The molecule has 0 bridgehead atoms. The Hall–Kier alpha value is -2.77. The van der Waals surface area contributed by atoms with Crippen LogP contribution in [-0.2, 0) is 12.8 Å². The molecule has 0 N–H and O–H groups in total. The molecule has 1 heteroatoms. The lowest BCUT2D eigenvalue weighted by molar-refractivity contribution is 0.836. The van der Waals surface area contributed by atoms with Crippen molar-refractivity contribution in [2.24, 2.45) is 0 Å². The predicted molar refractivity (Wildman–Crippen MR) is 144 cm³/mol. The Morgan fingerprint density at radius 1 is 0.485 bits per heavy atom. The summed E-state index contributed by atoms with van der Waals surface area (Å²) in [6.07, 6.45) is 1.94. The Morgan fingerprint density at radius 2 is 0.879 bits per heavy atom. The van der Waals surface area contributed by atoms with Crippen LogP contribution in [0.2, 0.25) is 0 Å². The molecule has 0 unspecified atom stereocenters. The molecule has 0 spiro atoms. The van der Waals surface area contributed by atoms with Crippen LogP contribution in [0.15, 0.2) is 107 Å². The lowest BCUT2D eigenvalue weighted by Gasteiger charge is -2.20. The molecule has 4 rings (SSSR count). The first-order valence-corrected chi connectivity index (χ1v) is 12.8. The SMILES string of the molecule is CC(C)c1cccc(Sc2cccc(C(C)C)c2Cc2ccccc2)c1Cc1ccccc1. The minimum atomic E-state index is 0.495. The van der Waals surface area contributed by atoms with Gasteiger partial charge in [0.2, 0.25) is 0 Å². The summed E-state index contributed by atoms with van der Waals surface area (Å²) in [6, 6.07) is 35.4. The third-order valence-electron chi connectivity index (χ3n) is 6.25. The topological polar surface area (TPSA) is 0 Å². The molecule has 0 fully saturated rings. The highest BCUT2D eigenvalue weighted by Gasteiger charge is 2.17. The van der Waals surface area contributed by atoms with Crippen LogP contribution in [0, 0.1) is 0 Å². The summed E-state index contributed by atoms with van der Waals surface area (Å²) in [6.45, 7) is 9.22. The van der Waals surface area contributed by atoms with Crippen molar-refractivity contribution in [3.63, 3.8) is 0 Å². The second-order valence-corrected chi connectivity index (χ2v) is 10.5. The van der Waals surface area contributed by atoms with Crippen molar-refractivity contribution in [2.45, 2.75) is 62.2 Å². The van der Waals surface area contributed by atoms with E-state index in [0.29, 0.717) is 11.8 Å². The molecule has 33 heavy (non-hydrogen) atoms. The van der Waals surface area contributed by atoms with Crippen LogP contribution in [0.25, 0.3) is 0 Å². The van der Waals surface area contributed by atoms with Crippen molar-refractivity contribution in [3.8, 4) is 0 Å². The Labute approximate surface area is 204 Å². The van der Waals surface area contributed by atoms with E-state index in [1.807, 2.05) is 11.8 Å². The van der Waals surface area contributed by atoms with Crippen LogP contribution < -0.4 is 0 Å². The maximum Gasteiger partial charge on any atom is 0.0160 e. The van der Waals surface area contributed by atoms with Gasteiger partial charge in [-0.25, -0.2) is 0 Å². The van der Waals surface area contributed by atoms with Gasteiger partial charge in [-0.15, -0.1) is 0 Å². The average molecular weight is 451 g/mol. The molecular formula is C32H34S. The molecule has 0 heterocycles. The second-order valence-electron chi connectivity index (χ2n) is 9.38. The molecule has 0 aliphatic carbocycles. The Morgan fingerprint density at radius 3 is 1.24 bits per heavy atom. The zero-order chi connectivity index (χ0) is 23.2. The highest BCUT2D eigenvalue weighted by molar-refractivity contribution is 7.99. The molecule has 0 atom stereocenters. The summed E-state index contributed by atoms with van der Waals surface area (Å²) in [5.41, 5.74) is 8.57. The minimum Gasteiger partial charge on any atom is -0.0895 e. The van der Waals surface area contributed by atoms with Gasteiger partial charge in [-0.1, -0.05) is 124 Å². The maximum atomic E-state index is 2.31. The van der Waals surface area contributed by atoms with E-state index in [2.05, 4.69) is 125 Å². The first-order chi connectivity index (χ1) is 16.0. The third kappa shape index (κ3) is 5.78. The molecule has 0 amide bonds. The van der Waals surface area contributed by atoms with E-state index in [1.54, 1.807) is 0 Å². The molecule has 0 nitrogen and oxygen atoms in total. The van der Waals surface area contributed by atoms with Gasteiger partial charge in [-0.05, 0) is 70.2 Å². The van der Waals surface area contributed by atoms with Gasteiger partial charge >= 0.3 is 0 Å². The molecular weight excluding hydrogens is 416 g/mol. The van der Waals surface area contributed by atoms with Crippen LogP contribution in [0.5, 0.6) is 0 Å². The number of benzene rings is 4. The van der Waals surface area contributed by atoms with E-state index in [-0.39, 0.29) is 0 Å². The smallest absolute Gasteiger partial charge is 0.0160 e. The van der Waals surface area contributed by atoms with Gasteiger partial charge < -0.3 is 0 Å². The average Bonchev–Trinajstić information content (AvgIpc) is 2.82. The first-order valence-electron chi connectivity index (χ1n) is 12.0. The fourth-order valence-electron chi connectivity index (χ4n) is 4.54. The monoisotopic (exact) mass is 450 g/mol. The van der Waals surface area contributed by atoms with Crippen LogP contribution in [0.1, 0.15) is 72.9 Å². The number of hydrogen-bond donors (Lipinski definition) is 0. The second kappa shape index (κ2) is 10.9. The predicted octanol–water partition coefficient (Wildman–Crippen LogP) is 9.27. The van der Waals surface area contributed by atoms with E-state index in [0.717, 1.165) is 12.8 Å². The third-order valence-corrected chi connectivity index (χ3v) is 7.45. The number of rotatable bonds is 8. The molecule has 0 aliphatic heterocycles. The molecule has 4 aromatic rings. The summed E-state index contributed by atoms with van der Waals surface area (Å²) in [5.74, 6) is 0.991. The van der Waals surface area contributed by atoms with Gasteiger partial charge in [0.25, 0.3) is 0 Å². The lowest BCUT2D eigenvalue weighted by Crippen LogP contribution is -2.02. The van der Waals surface area contributed by atoms with Gasteiger partial charge in [-0.2, -0.15) is 0 Å². The van der Waals surface area contributed by atoms with Gasteiger partial charge in [0, 0.05) is 9.79 Å². The first kappa shape index (κ1) is 23.4. The van der Waals surface area contributed by atoms with Crippen molar-refractivity contribution in [1.82, 2.24) is 0 Å². The largest absolute Gasteiger partial charge is 0.0895 e. The highest BCUT2D eigenvalue weighted by atomic mass is 32.2. The summed E-state index contributed by atoms with van der Waals surface area (Å²) >= 11 is 1.94. The fraction of sp³-hybridized carbons (Fsp3) is 0.250. The Balaban J connectivity index is 1.77. The Bertz CT molecular complexity index is 1080. The molecule has 0 saturated carbocycles. The summed E-state index contributed by atoms with van der Waals surface area (Å²) in [7, 11) is 0. The van der Waals surface area contributed by atoms with Crippen LogP contribution in [-0.4, -0.2) is 0 Å². The van der Waals surface area contributed by atoms with Crippen molar-refractivity contribution >= 4 is 11.8 Å². The molecule has 0 aromatic heterocycles. The molecule has 0 radical (unpaired) electrons. The van der Waals surface area contributed by atoms with Crippen LogP contribution in [0.4, 0.5) is 0 Å². The minimum absolute atomic E-state index is 0.495. The van der Waals surface area contributed by atoms with E-state index in [9.17, 15) is 0 Å². The van der Waals surface area contributed by atoms with Crippen LogP contribution >= 0.6 is 11.8 Å². The standard InChI is InChI=1S/C32H34S/c1-23(2)27-17-11-19-31(29(27)21-25-13-7-5-8-14-25)33-32-20-12-18-28(24(3)4)30(32)22-26-15-9-6-10-16-26/h5-20,23-24H,21-22H2,1-4H3. The van der Waals surface area contributed by atoms with E-state index >= 15 is 0 Å². The van der Waals surface area contributed by atoms with E-state index < -0.39 is 0 Å². The number of hydrogen-bond acceptors (Lipinski definition) is 1. The lowest BCUT2D eigenvalue weighted by atomic mass is 9.93. The van der Waals surface area contributed by atoms with Crippen molar-refractivity contribution in [1.29, 1.82) is 0 Å². The van der Waals surface area contributed by atoms with E-state index in [1.165, 1.54) is 43.2 Å². The molecule has 0 saturated heterocycles. The summed E-state index contributed by atoms with van der Waals surface area (Å²) in [4.78, 5) is 2.75. The van der Waals surface area contributed by atoms with Gasteiger partial charge in [0.05, 0.1) is 0 Å². The molecule has 168 valence electrons. The molecule has 4 aromatic carbocycles. The Kier molecular flexibility index (Phi) is 7.73. The molecule has 0 aliphatic rings. The zero-order valence-corrected chi connectivity index (χ0v) is 21.0. The van der Waals surface area contributed by atoms with Gasteiger partial charge in [-0.3, -0.25) is 0 Å². The van der Waals surface area contributed by atoms with Gasteiger partial charge in [0.15, 0.2) is 0 Å². The normalized spacial score (nSPS) is 11.3. The summed E-state index contributed by atoms with van der Waals surface area (Å²) < 4.78 is 0. The van der Waals surface area contributed by atoms with Crippen molar-refractivity contribution < 1.29 is 0 Å². The van der Waals surface area contributed by atoms with Crippen LogP contribution in [0.3, 0.4) is 0 Å². The van der Waals surface area contributed by atoms with E-state index in [4.69, 9.17) is 0 Å².